The Hall–Kier alpha value is -2.30. The lowest BCUT2D eigenvalue weighted by molar-refractivity contribution is -0.133. The zero-order valence-corrected chi connectivity index (χ0v) is 14.0. The molecule has 2 aliphatic rings. The van der Waals surface area contributed by atoms with Gasteiger partial charge < -0.3 is 9.64 Å². The van der Waals surface area contributed by atoms with Crippen LogP contribution in [0.1, 0.15) is 30.7 Å². The van der Waals surface area contributed by atoms with Crippen molar-refractivity contribution in [1.29, 1.82) is 0 Å². The largest absolute Gasteiger partial charge is 0.497 e. The van der Waals surface area contributed by atoms with Crippen molar-refractivity contribution in [1.82, 2.24) is 14.7 Å². The predicted octanol–water partition coefficient (Wildman–Crippen LogP) is 2.69. The summed E-state index contributed by atoms with van der Waals surface area (Å²) in [6.45, 7) is 1.69. The van der Waals surface area contributed by atoms with Crippen molar-refractivity contribution in [3.8, 4) is 5.75 Å². The van der Waals surface area contributed by atoms with Crippen LogP contribution in [0.4, 0.5) is 0 Å². The van der Waals surface area contributed by atoms with Crippen molar-refractivity contribution >= 4 is 5.91 Å². The number of nitrogens with zero attached hydrogens (tertiary/aromatic N) is 3. The molecule has 0 spiro atoms. The Morgan fingerprint density at radius 3 is 2.88 bits per heavy atom. The van der Waals surface area contributed by atoms with Gasteiger partial charge in [0, 0.05) is 24.9 Å². The van der Waals surface area contributed by atoms with E-state index in [2.05, 4.69) is 22.1 Å². The number of hydrogen-bond acceptors (Lipinski definition) is 3. The van der Waals surface area contributed by atoms with Gasteiger partial charge in [-0.25, -0.2) is 0 Å². The average molecular weight is 325 g/mol. The van der Waals surface area contributed by atoms with Gasteiger partial charge in [0.1, 0.15) is 5.75 Å². The predicted molar refractivity (Wildman–Crippen MR) is 90.8 cm³/mol. The summed E-state index contributed by atoms with van der Waals surface area (Å²) in [6.07, 6.45) is 6.90. The van der Waals surface area contributed by atoms with Gasteiger partial charge in [0.15, 0.2) is 0 Å². The summed E-state index contributed by atoms with van der Waals surface area (Å²) < 4.78 is 7.14. The minimum atomic E-state index is 0.150. The monoisotopic (exact) mass is 325 g/mol. The Morgan fingerprint density at radius 2 is 2.17 bits per heavy atom. The van der Waals surface area contributed by atoms with E-state index in [4.69, 9.17) is 4.74 Å². The first-order chi connectivity index (χ1) is 11.8. The highest BCUT2D eigenvalue weighted by atomic mass is 16.5. The van der Waals surface area contributed by atoms with Crippen molar-refractivity contribution in [2.24, 2.45) is 5.92 Å². The van der Waals surface area contributed by atoms with E-state index in [1.165, 1.54) is 5.56 Å². The summed E-state index contributed by atoms with van der Waals surface area (Å²) in [5.74, 6) is 1.71. The third kappa shape index (κ3) is 2.90. The third-order valence-corrected chi connectivity index (χ3v) is 5.27. The van der Waals surface area contributed by atoms with Crippen LogP contribution in [0.2, 0.25) is 0 Å². The summed E-state index contributed by atoms with van der Waals surface area (Å²) >= 11 is 0. The van der Waals surface area contributed by atoms with Crippen LogP contribution in [0.15, 0.2) is 42.7 Å². The highest BCUT2D eigenvalue weighted by Crippen LogP contribution is 2.49. The molecule has 0 unspecified atom stereocenters. The number of benzene rings is 1. The van der Waals surface area contributed by atoms with E-state index in [9.17, 15) is 4.79 Å². The van der Waals surface area contributed by atoms with Crippen LogP contribution < -0.4 is 4.74 Å². The summed E-state index contributed by atoms with van der Waals surface area (Å²) in [7, 11) is 1.67. The van der Waals surface area contributed by atoms with Gasteiger partial charge in [-0.3, -0.25) is 9.48 Å². The number of carbonyl (C=O) groups excluding carboxylic acids is 1. The average Bonchev–Trinajstić information content (AvgIpc) is 3.01. The van der Waals surface area contributed by atoms with Gasteiger partial charge in [0.25, 0.3) is 0 Å². The molecular formula is C19H23N3O2. The molecule has 1 aliphatic heterocycles. The molecule has 0 N–H and O–H groups in total. The smallest absolute Gasteiger partial charge is 0.226 e. The molecular weight excluding hydrogens is 302 g/mol. The van der Waals surface area contributed by atoms with E-state index in [0.717, 1.165) is 38.1 Å². The number of rotatable bonds is 5. The lowest BCUT2D eigenvalue weighted by atomic mass is 10.1. The van der Waals surface area contributed by atoms with E-state index in [-0.39, 0.29) is 12.0 Å². The molecule has 1 aromatic carbocycles. The first-order valence-electron chi connectivity index (χ1n) is 8.68. The van der Waals surface area contributed by atoms with Crippen molar-refractivity contribution in [3.05, 3.63) is 48.3 Å². The van der Waals surface area contributed by atoms with Gasteiger partial charge in [0.05, 0.1) is 19.7 Å². The Morgan fingerprint density at radius 1 is 1.33 bits per heavy atom. The van der Waals surface area contributed by atoms with Crippen LogP contribution in [0.25, 0.3) is 0 Å². The standard InChI is InChI=1S/C19H23N3O2/c1-24-16-7-5-14(6-8-16)17-12-18(17)19(23)22-11-2-4-15(22)13-21-10-3-9-20-21/h3,5-10,15,17-18H,2,4,11-13H2,1H3/t15-,17-,18+/m0/s1. The molecule has 5 heteroatoms. The summed E-state index contributed by atoms with van der Waals surface area (Å²) in [6, 6.07) is 10.3. The zero-order valence-electron chi connectivity index (χ0n) is 14.0. The van der Waals surface area contributed by atoms with Crippen LogP contribution in [0, 0.1) is 5.92 Å². The maximum Gasteiger partial charge on any atom is 0.226 e. The van der Waals surface area contributed by atoms with Gasteiger partial charge in [-0.1, -0.05) is 12.1 Å². The Labute approximate surface area is 142 Å². The maximum atomic E-state index is 12.9. The van der Waals surface area contributed by atoms with E-state index in [1.54, 1.807) is 13.3 Å². The topological polar surface area (TPSA) is 47.4 Å². The highest BCUT2D eigenvalue weighted by Gasteiger charge is 2.47. The summed E-state index contributed by atoms with van der Waals surface area (Å²) in [5, 5.41) is 4.28. The number of carbonyl (C=O) groups is 1. The summed E-state index contributed by atoms with van der Waals surface area (Å²) in [5.41, 5.74) is 1.25. The Bertz CT molecular complexity index is 696. The van der Waals surface area contributed by atoms with E-state index < -0.39 is 0 Å². The van der Waals surface area contributed by atoms with Crippen molar-refractivity contribution < 1.29 is 9.53 Å². The zero-order chi connectivity index (χ0) is 16.5. The van der Waals surface area contributed by atoms with Crippen LogP contribution in [-0.2, 0) is 11.3 Å². The fourth-order valence-electron chi connectivity index (χ4n) is 3.84. The minimum absolute atomic E-state index is 0.150. The molecule has 3 atom stereocenters. The molecule has 2 heterocycles. The molecule has 2 fully saturated rings. The molecule has 2 aromatic rings. The quantitative estimate of drug-likeness (QED) is 0.849. The molecule has 0 radical (unpaired) electrons. The van der Waals surface area contributed by atoms with Crippen LogP contribution in [0.3, 0.4) is 0 Å². The maximum absolute atomic E-state index is 12.9. The second kappa shape index (κ2) is 6.30. The van der Waals surface area contributed by atoms with Crippen molar-refractivity contribution in [3.63, 3.8) is 0 Å². The third-order valence-electron chi connectivity index (χ3n) is 5.27. The molecule has 1 saturated carbocycles. The second-order valence-electron chi connectivity index (χ2n) is 6.78. The Kier molecular flexibility index (Phi) is 4.00. The first kappa shape index (κ1) is 15.2. The molecule has 1 aliphatic carbocycles. The molecule has 5 nitrogen and oxygen atoms in total. The van der Waals surface area contributed by atoms with E-state index >= 15 is 0 Å². The van der Waals surface area contributed by atoms with Crippen LogP contribution in [-0.4, -0.2) is 40.3 Å². The lowest BCUT2D eigenvalue weighted by Gasteiger charge is -2.25. The molecule has 1 saturated heterocycles. The number of hydrogen-bond donors (Lipinski definition) is 0. The number of aromatic nitrogens is 2. The lowest BCUT2D eigenvalue weighted by Crippen LogP contribution is -2.39. The number of likely N-dealkylation sites (tertiary alicyclic amines) is 1. The molecule has 24 heavy (non-hydrogen) atoms. The number of ether oxygens (including phenoxy) is 1. The SMILES string of the molecule is COc1ccc([C@@H]2C[C@H]2C(=O)N2CCC[C@H]2Cn2cccn2)cc1. The minimum Gasteiger partial charge on any atom is -0.497 e. The van der Waals surface area contributed by atoms with Gasteiger partial charge in [0.2, 0.25) is 5.91 Å². The van der Waals surface area contributed by atoms with Crippen LogP contribution in [0.5, 0.6) is 5.75 Å². The van der Waals surface area contributed by atoms with E-state index in [1.807, 2.05) is 29.1 Å². The Balaban J connectivity index is 1.40. The fraction of sp³-hybridized carbons (Fsp3) is 0.474. The fourth-order valence-corrected chi connectivity index (χ4v) is 3.84. The summed E-state index contributed by atoms with van der Waals surface area (Å²) in [4.78, 5) is 15.0. The molecule has 126 valence electrons. The van der Waals surface area contributed by atoms with Gasteiger partial charge in [-0.2, -0.15) is 5.10 Å². The molecule has 4 rings (SSSR count). The first-order valence-corrected chi connectivity index (χ1v) is 8.68. The van der Waals surface area contributed by atoms with Gasteiger partial charge in [-0.05, 0) is 48.9 Å². The van der Waals surface area contributed by atoms with Gasteiger partial charge >= 0.3 is 0 Å². The van der Waals surface area contributed by atoms with E-state index in [0.29, 0.717) is 11.8 Å². The normalized spacial score (nSPS) is 25.7. The molecule has 0 bridgehead atoms. The molecule has 1 amide bonds. The van der Waals surface area contributed by atoms with Crippen molar-refractivity contribution in [2.75, 3.05) is 13.7 Å². The number of methoxy groups -OCH3 is 1. The number of amides is 1. The molecule has 1 aromatic heterocycles. The van der Waals surface area contributed by atoms with Gasteiger partial charge in [-0.15, -0.1) is 0 Å². The second-order valence-corrected chi connectivity index (χ2v) is 6.78. The highest BCUT2D eigenvalue weighted by molar-refractivity contribution is 5.83. The van der Waals surface area contributed by atoms with Crippen LogP contribution >= 0.6 is 0 Å². The van der Waals surface area contributed by atoms with Crippen molar-refractivity contribution in [2.45, 2.75) is 37.8 Å².